The average Bonchev–Trinajstić information content (AvgIpc) is 2.38. The summed E-state index contributed by atoms with van der Waals surface area (Å²) >= 11 is 0. The van der Waals surface area contributed by atoms with E-state index in [2.05, 4.69) is 16.0 Å². The number of allylic oxidation sites excluding steroid dienone is 1. The molecule has 2 heterocycles. The van der Waals surface area contributed by atoms with Gasteiger partial charge in [-0.15, -0.1) is 0 Å². The van der Waals surface area contributed by atoms with Crippen molar-refractivity contribution < 1.29 is 0 Å². The first-order chi connectivity index (χ1) is 7.90. The Bertz CT molecular complexity index is 524. The predicted molar refractivity (Wildman–Crippen MR) is 62.0 cm³/mol. The molecule has 0 fully saturated rings. The van der Waals surface area contributed by atoms with Crippen molar-refractivity contribution in [2.24, 2.45) is 0 Å². The summed E-state index contributed by atoms with van der Waals surface area (Å²) in [5.41, 5.74) is 2.30. The summed E-state index contributed by atoms with van der Waals surface area (Å²) in [5.74, 6) is 0. The fraction of sp³-hybridized carbons (Fsp3) is 0. The predicted octanol–water partition coefficient (Wildman–Crippen LogP) is 2.54. The van der Waals surface area contributed by atoms with Crippen molar-refractivity contribution in [2.75, 3.05) is 0 Å². The first-order valence-electron chi connectivity index (χ1n) is 4.82. The zero-order valence-corrected chi connectivity index (χ0v) is 8.54. The number of nitrogens with zero attached hydrogens (tertiary/aromatic N) is 3. The number of aromatic nitrogens is 2. The summed E-state index contributed by atoms with van der Waals surface area (Å²) in [6, 6.07) is 9.57. The number of hydrogen-bond donors (Lipinski definition) is 0. The van der Waals surface area contributed by atoms with Crippen molar-refractivity contribution in [3.8, 4) is 6.07 Å². The standard InChI is InChI=1S/C13H9N3/c14-8-13(12-4-2-6-16-10-12)7-11-3-1-5-15-9-11/h1-7,9-10H. The molecule has 0 spiro atoms. The van der Waals surface area contributed by atoms with E-state index >= 15 is 0 Å². The minimum Gasteiger partial charge on any atom is -0.264 e. The van der Waals surface area contributed by atoms with Gasteiger partial charge in [0.15, 0.2) is 0 Å². The molecule has 0 saturated heterocycles. The van der Waals surface area contributed by atoms with Crippen LogP contribution in [-0.4, -0.2) is 9.97 Å². The van der Waals surface area contributed by atoms with Gasteiger partial charge in [-0.2, -0.15) is 5.26 Å². The van der Waals surface area contributed by atoms with Crippen LogP contribution in [0, 0.1) is 11.3 Å². The Morgan fingerprint density at radius 3 is 2.44 bits per heavy atom. The van der Waals surface area contributed by atoms with E-state index in [0.29, 0.717) is 5.57 Å². The maximum absolute atomic E-state index is 9.07. The first-order valence-corrected chi connectivity index (χ1v) is 4.82. The topological polar surface area (TPSA) is 49.6 Å². The van der Waals surface area contributed by atoms with Crippen LogP contribution in [0.5, 0.6) is 0 Å². The summed E-state index contributed by atoms with van der Waals surface area (Å²) in [5, 5.41) is 9.07. The highest BCUT2D eigenvalue weighted by atomic mass is 14.6. The number of rotatable bonds is 2. The third kappa shape index (κ3) is 2.31. The van der Waals surface area contributed by atoms with Gasteiger partial charge in [-0.05, 0) is 23.8 Å². The second-order valence-corrected chi connectivity index (χ2v) is 3.20. The van der Waals surface area contributed by atoms with Crippen LogP contribution in [0.3, 0.4) is 0 Å². The molecule has 0 aliphatic heterocycles. The van der Waals surface area contributed by atoms with Crippen LogP contribution in [0.25, 0.3) is 11.6 Å². The van der Waals surface area contributed by atoms with Crippen LogP contribution in [0.15, 0.2) is 49.1 Å². The molecule has 3 nitrogen and oxygen atoms in total. The highest BCUT2D eigenvalue weighted by molar-refractivity contribution is 5.89. The van der Waals surface area contributed by atoms with Crippen molar-refractivity contribution >= 4 is 11.6 Å². The van der Waals surface area contributed by atoms with Crippen molar-refractivity contribution in [1.82, 2.24) is 9.97 Å². The molecule has 76 valence electrons. The monoisotopic (exact) mass is 207 g/mol. The lowest BCUT2D eigenvalue weighted by atomic mass is 10.1. The summed E-state index contributed by atoms with van der Waals surface area (Å²) in [6.45, 7) is 0. The molecular formula is C13H9N3. The molecule has 0 unspecified atom stereocenters. The van der Waals surface area contributed by atoms with E-state index in [1.807, 2.05) is 24.3 Å². The Morgan fingerprint density at radius 2 is 1.88 bits per heavy atom. The third-order valence-electron chi connectivity index (χ3n) is 2.09. The highest BCUT2D eigenvalue weighted by Crippen LogP contribution is 2.15. The Kier molecular flexibility index (Phi) is 3.05. The van der Waals surface area contributed by atoms with Gasteiger partial charge >= 0.3 is 0 Å². The molecule has 2 aromatic rings. The Labute approximate surface area is 93.7 Å². The molecule has 0 amide bonds. The molecule has 0 N–H and O–H groups in total. The van der Waals surface area contributed by atoms with Crippen LogP contribution < -0.4 is 0 Å². The molecule has 2 aromatic heterocycles. The van der Waals surface area contributed by atoms with E-state index in [-0.39, 0.29) is 0 Å². The highest BCUT2D eigenvalue weighted by Gasteiger charge is 1.99. The summed E-state index contributed by atoms with van der Waals surface area (Å²) in [7, 11) is 0. The lowest BCUT2D eigenvalue weighted by Gasteiger charge is -1.97. The summed E-state index contributed by atoms with van der Waals surface area (Å²) in [6.07, 6.45) is 8.57. The van der Waals surface area contributed by atoms with Gasteiger partial charge < -0.3 is 0 Å². The fourth-order valence-electron chi connectivity index (χ4n) is 1.33. The molecule has 0 aromatic carbocycles. The molecule has 0 aliphatic carbocycles. The molecule has 0 radical (unpaired) electrons. The summed E-state index contributed by atoms with van der Waals surface area (Å²) < 4.78 is 0. The van der Waals surface area contributed by atoms with E-state index in [1.54, 1.807) is 30.9 Å². The molecule has 2 rings (SSSR count). The van der Waals surface area contributed by atoms with E-state index in [9.17, 15) is 0 Å². The largest absolute Gasteiger partial charge is 0.264 e. The van der Waals surface area contributed by atoms with Gasteiger partial charge in [0, 0.05) is 30.4 Å². The molecule has 0 aliphatic rings. The Hall–Kier alpha value is -2.47. The lowest BCUT2D eigenvalue weighted by Crippen LogP contribution is -1.83. The van der Waals surface area contributed by atoms with E-state index < -0.39 is 0 Å². The molecule has 16 heavy (non-hydrogen) atoms. The quantitative estimate of drug-likeness (QED) is 0.711. The van der Waals surface area contributed by atoms with Crippen LogP contribution >= 0.6 is 0 Å². The van der Waals surface area contributed by atoms with E-state index in [1.165, 1.54) is 0 Å². The second kappa shape index (κ2) is 4.85. The normalized spacial score (nSPS) is 10.8. The van der Waals surface area contributed by atoms with Gasteiger partial charge in [0.2, 0.25) is 0 Å². The molecular weight excluding hydrogens is 198 g/mol. The Balaban J connectivity index is 2.39. The number of nitriles is 1. The number of hydrogen-bond acceptors (Lipinski definition) is 3. The molecule has 0 bridgehead atoms. The zero-order chi connectivity index (χ0) is 11.2. The lowest BCUT2D eigenvalue weighted by molar-refractivity contribution is 1.31. The van der Waals surface area contributed by atoms with Crippen molar-refractivity contribution in [2.45, 2.75) is 0 Å². The average molecular weight is 207 g/mol. The molecule has 3 heteroatoms. The smallest absolute Gasteiger partial charge is 0.0998 e. The minimum atomic E-state index is 0.584. The van der Waals surface area contributed by atoms with Gasteiger partial charge in [0.25, 0.3) is 0 Å². The third-order valence-corrected chi connectivity index (χ3v) is 2.09. The molecule has 0 saturated carbocycles. The Morgan fingerprint density at radius 1 is 1.12 bits per heavy atom. The van der Waals surface area contributed by atoms with Crippen molar-refractivity contribution in [1.29, 1.82) is 5.26 Å². The maximum atomic E-state index is 9.07. The van der Waals surface area contributed by atoms with Gasteiger partial charge in [-0.25, -0.2) is 0 Å². The minimum absolute atomic E-state index is 0.584. The fourth-order valence-corrected chi connectivity index (χ4v) is 1.33. The van der Waals surface area contributed by atoms with Gasteiger partial charge in [-0.1, -0.05) is 12.1 Å². The zero-order valence-electron chi connectivity index (χ0n) is 8.54. The SMILES string of the molecule is N#CC(=Cc1cccnc1)c1cccnc1. The van der Waals surface area contributed by atoms with Crippen molar-refractivity contribution in [3.63, 3.8) is 0 Å². The van der Waals surface area contributed by atoms with Gasteiger partial charge in [0.1, 0.15) is 0 Å². The van der Waals surface area contributed by atoms with Crippen LogP contribution in [-0.2, 0) is 0 Å². The van der Waals surface area contributed by atoms with E-state index in [0.717, 1.165) is 11.1 Å². The second-order valence-electron chi connectivity index (χ2n) is 3.20. The van der Waals surface area contributed by atoms with Gasteiger partial charge in [-0.3, -0.25) is 9.97 Å². The van der Waals surface area contributed by atoms with Gasteiger partial charge in [0.05, 0.1) is 11.6 Å². The molecule has 0 atom stereocenters. The van der Waals surface area contributed by atoms with Crippen LogP contribution in [0.2, 0.25) is 0 Å². The first kappa shape index (κ1) is 10.1. The van der Waals surface area contributed by atoms with Crippen LogP contribution in [0.1, 0.15) is 11.1 Å². The van der Waals surface area contributed by atoms with Crippen molar-refractivity contribution in [3.05, 3.63) is 60.2 Å². The maximum Gasteiger partial charge on any atom is 0.0998 e. The van der Waals surface area contributed by atoms with Crippen LogP contribution in [0.4, 0.5) is 0 Å². The summed E-state index contributed by atoms with van der Waals surface area (Å²) in [4.78, 5) is 7.98. The van der Waals surface area contributed by atoms with E-state index in [4.69, 9.17) is 5.26 Å². The number of pyridine rings is 2.